The van der Waals surface area contributed by atoms with Gasteiger partial charge in [0.1, 0.15) is 29.7 Å². The van der Waals surface area contributed by atoms with Crippen LogP contribution in [0.2, 0.25) is 5.02 Å². The molecule has 170 valence electrons. The number of nitrogens with one attached hydrogen (secondary N) is 3. The molecular formula is C19H24ClF3N5O3+. The standard InChI is InChI=1S/C19H23ClF3N5O3/c20-15-16(18(29)24-4-2-5-27-6-9-30-10-7-27)26-28-14(19(21,22)23)11-12(25-17(15)28)13-3-1-8-31-13/h1,3,8,12,14,25H,2,4-7,9-11H2,(H,24,29)/p+1/t12-,14+/m0/s1. The van der Waals surface area contributed by atoms with E-state index in [1.54, 1.807) is 12.1 Å². The highest BCUT2D eigenvalue weighted by molar-refractivity contribution is 6.36. The summed E-state index contributed by atoms with van der Waals surface area (Å²) in [4.78, 5) is 14.0. The van der Waals surface area contributed by atoms with Crippen molar-refractivity contribution in [2.24, 2.45) is 0 Å². The van der Waals surface area contributed by atoms with E-state index in [0.717, 1.165) is 44.0 Å². The Morgan fingerprint density at radius 2 is 2.16 bits per heavy atom. The smallest absolute Gasteiger partial charge is 0.410 e. The predicted octanol–water partition coefficient (Wildman–Crippen LogP) is 1.82. The van der Waals surface area contributed by atoms with Gasteiger partial charge in [-0.25, -0.2) is 4.68 Å². The second-order valence-corrected chi connectivity index (χ2v) is 8.06. The summed E-state index contributed by atoms with van der Waals surface area (Å²) in [6.45, 7) is 4.56. The summed E-state index contributed by atoms with van der Waals surface area (Å²) in [5.41, 5.74) is -0.225. The Balaban J connectivity index is 1.45. The molecule has 0 radical (unpaired) electrons. The van der Waals surface area contributed by atoms with Gasteiger partial charge in [0.2, 0.25) is 0 Å². The van der Waals surface area contributed by atoms with Gasteiger partial charge in [0.05, 0.1) is 32.1 Å². The van der Waals surface area contributed by atoms with Crippen LogP contribution in [-0.2, 0) is 4.74 Å². The van der Waals surface area contributed by atoms with Crippen molar-refractivity contribution in [3.05, 3.63) is 34.9 Å². The molecule has 0 aliphatic carbocycles. The van der Waals surface area contributed by atoms with Gasteiger partial charge in [-0.15, -0.1) is 0 Å². The first kappa shape index (κ1) is 22.0. The maximum Gasteiger partial charge on any atom is 0.410 e. The number of quaternary nitrogens is 1. The van der Waals surface area contributed by atoms with Crippen molar-refractivity contribution in [1.82, 2.24) is 15.1 Å². The average Bonchev–Trinajstić information content (AvgIpc) is 3.39. The number of carbonyl (C=O) groups excluding carboxylic acids is 1. The zero-order chi connectivity index (χ0) is 22.0. The maximum atomic E-state index is 13.7. The van der Waals surface area contributed by atoms with Crippen LogP contribution in [0, 0.1) is 0 Å². The molecule has 0 saturated carbocycles. The number of furan rings is 1. The Labute approximate surface area is 181 Å². The number of hydrogen-bond donors (Lipinski definition) is 3. The summed E-state index contributed by atoms with van der Waals surface area (Å²) in [5, 5.41) is 9.43. The highest BCUT2D eigenvalue weighted by Gasteiger charge is 2.48. The Morgan fingerprint density at radius 1 is 1.39 bits per heavy atom. The largest absolute Gasteiger partial charge is 0.467 e. The Kier molecular flexibility index (Phi) is 6.44. The van der Waals surface area contributed by atoms with Gasteiger partial charge in [-0.05, 0) is 12.1 Å². The molecule has 1 fully saturated rings. The number of alkyl halides is 3. The van der Waals surface area contributed by atoms with Crippen molar-refractivity contribution >= 4 is 23.3 Å². The van der Waals surface area contributed by atoms with Gasteiger partial charge in [-0.3, -0.25) is 4.79 Å². The zero-order valence-electron chi connectivity index (χ0n) is 16.7. The van der Waals surface area contributed by atoms with E-state index in [1.165, 1.54) is 11.2 Å². The van der Waals surface area contributed by atoms with Crippen molar-refractivity contribution in [3.63, 3.8) is 0 Å². The van der Waals surface area contributed by atoms with Gasteiger partial charge in [0.15, 0.2) is 11.7 Å². The number of fused-ring (bicyclic) bond motifs is 1. The molecule has 0 spiro atoms. The van der Waals surface area contributed by atoms with E-state index in [-0.39, 0.29) is 23.0 Å². The minimum atomic E-state index is -4.56. The first-order valence-electron chi connectivity index (χ1n) is 10.2. The van der Waals surface area contributed by atoms with Crippen LogP contribution in [-0.4, -0.2) is 61.3 Å². The van der Waals surface area contributed by atoms with Crippen molar-refractivity contribution in [2.45, 2.75) is 31.1 Å². The maximum absolute atomic E-state index is 13.7. The molecule has 1 amide bonds. The third kappa shape index (κ3) is 4.83. The van der Waals surface area contributed by atoms with Crippen LogP contribution in [0.1, 0.15) is 41.2 Å². The molecular weight excluding hydrogens is 439 g/mol. The van der Waals surface area contributed by atoms with Gasteiger partial charge in [-0.1, -0.05) is 11.6 Å². The van der Waals surface area contributed by atoms with Gasteiger partial charge in [-0.2, -0.15) is 18.3 Å². The lowest BCUT2D eigenvalue weighted by molar-refractivity contribution is -0.908. The topological polar surface area (TPSA) is 85.8 Å². The lowest BCUT2D eigenvalue weighted by Gasteiger charge is -2.32. The number of anilines is 1. The molecule has 4 heterocycles. The third-order valence-electron chi connectivity index (χ3n) is 5.59. The van der Waals surface area contributed by atoms with E-state index >= 15 is 0 Å². The van der Waals surface area contributed by atoms with Crippen LogP contribution in [0.25, 0.3) is 0 Å². The van der Waals surface area contributed by atoms with Gasteiger partial charge in [0, 0.05) is 19.4 Å². The fraction of sp³-hybridized carbons (Fsp3) is 0.579. The van der Waals surface area contributed by atoms with E-state index in [9.17, 15) is 18.0 Å². The highest BCUT2D eigenvalue weighted by atomic mass is 35.5. The van der Waals surface area contributed by atoms with Crippen LogP contribution < -0.4 is 15.5 Å². The SMILES string of the molecule is O=C(NCCC[NH+]1CCOCC1)c1nn2c(c1Cl)N[C@H](c1ccco1)C[C@@H]2C(F)(F)F. The Morgan fingerprint density at radius 3 is 2.84 bits per heavy atom. The first-order valence-corrected chi connectivity index (χ1v) is 10.6. The Hall–Kier alpha value is -2.24. The molecule has 8 nitrogen and oxygen atoms in total. The fourth-order valence-corrected chi connectivity index (χ4v) is 4.21. The number of halogens is 4. The lowest BCUT2D eigenvalue weighted by atomic mass is 10.0. The van der Waals surface area contributed by atoms with Crippen LogP contribution in [0.3, 0.4) is 0 Å². The molecule has 2 atom stereocenters. The van der Waals surface area contributed by atoms with E-state index < -0.39 is 24.2 Å². The molecule has 4 rings (SSSR count). The van der Waals surface area contributed by atoms with Crippen molar-refractivity contribution in [3.8, 4) is 0 Å². The summed E-state index contributed by atoms with van der Waals surface area (Å²) in [6, 6.07) is 0.526. The molecule has 2 aromatic heterocycles. The summed E-state index contributed by atoms with van der Waals surface area (Å²) in [5.74, 6) is -0.282. The van der Waals surface area contributed by atoms with Crippen molar-refractivity contribution in [1.29, 1.82) is 0 Å². The number of carbonyl (C=O) groups is 1. The number of aromatic nitrogens is 2. The van der Waals surface area contributed by atoms with E-state index in [2.05, 4.69) is 15.7 Å². The number of hydrogen-bond acceptors (Lipinski definition) is 5. The zero-order valence-corrected chi connectivity index (χ0v) is 17.4. The number of ether oxygens (including phenoxy) is 1. The molecule has 0 unspecified atom stereocenters. The minimum absolute atomic E-state index is 0.0421. The fourth-order valence-electron chi connectivity index (χ4n) is 3.94. The van der Waals surface area contributed by atoms with E-state index in [4.69, 9.17) is 20.8 Å². The monoisotopic (exact) mass is 462 g/mol. The van der Waals surface area contributed by atoms with Crippen LogP contribution in [0.15, 0.2) is 22.8 Å². The predicted molar refractivity (Wildman–Crippen MR) is 105 cm³/mol. The second-order valence-electron chi connectivity index (χ2n) is 7.68. The van der Waals surface area contributed by atoms with Crippen LogP contribution in [0.5, 0.6) is 0 Å². The molecule has 2 aromatic rings. The van der Waals surface area contributed by atoms with Crippen molar-refractivity contribution < 1.29 is 32.0 Å². The lowest BCUT2D eigenvalue weighted by Crippen LogP contribution is -3.14. The second kappa shape index (κ2) is 9.09. The summed E-state index contributed by atoms with van der Waals surface area (Å²) in [7, 11) is 0. The highest BCUT2D eigenvalue weighted by Crippen LogP contribution is 2.46. The summed E-state index contributed by atoms with van der Waals surface area (Å²) < 4.78 is 52.5. The molecule has 31 heavy (non-hydrogen) atoms. The van der Waals surface area contributed by atoms with Gasteiger partial charge >= 0.3 is 6.18 Å². The van der Waals surface area contributed by atoms with Crippen LogP contribution >= 0.6 is 11.6 Å². The molecule has 0 aromatic carbocycles. The summed E-state index contributed by atoms with van der Waals surface area (Å²) in [6.07, 6.45) is -2.77. The quantitative estimate of drug-likeness (QED) is 0.570. The average molecular weight is 463 g/mol. The van der Waals surface area contributed by atoms with Crippen molar-refractivity contribution in [2.75, 3.05) is 44.7 Å². The molecule has 2 aliphatic rings. The normalized spacial score (nSPS) is 22.1. The molecule has 3 N–H and O–H groups in total. The minimum Gasteiger partial charge on any atom is -0.467 e. The molecule has 0 bridgehead atoms. The van der Waals surface area contributed by atoms with E-state index in [1.807, 2.05) is 0 Å². The summed E-state index contributed by atoms with van der Waals surface area (Å²) >= 11 is 6.29. The van der Waals surface area contributed by atoms with Gasteiger partial charge in [0.25, 0.3) is 5.91 Å². The number of morpholine rings is 1. The molecule has 12 heteroatoms. The number of amides is 1. The number of rotatable bonds is 6. The van der Waals surface area contributed by atoms with Crippen LogP contribution in [0.4, 0.5) is 19.0 Å². The van der Waals surface area contributed by atoms with E-state index in [0.29, 0.717) is 12.3 Å². The molecule has 1 saturated heterocycles. The molecule has 2 aliphatic heterocycles. The third-order valence-corrected chi connectivity index (χ3v) is 5.95. The first-order chi connectivity index (χ1) is 14.8. The Bertz CT molecular complexity index is 896. The number of nitrogens with zero attached hydrogens (tertiary/aromatic N) is 2. The van der Waals surface area contributed by atoms with Gasteiger partial charge < -0.3 is 24.7 Å².